The number of fused-ring (bicyclic) bond motifs is 1. The lowest BCUT2D eigenvalue weighted by molar-refractivity contribution is 0.118. The van der Waals surface area contributed by atoms with Gasteiger partial charge in [-0.15, -0.1) is 0 Å². The second-order valence-corrected chi connectivity index (χ2v) is 6.92. The predicted octanol–water partition coefficient (Wildman–Crippen LogP) is 2.42. The predicted molar refractivity (Wildman–Crippen MR) is 95.5 cm³/mol. The van der Waals surface area contributed by atoms with Gasteiger partial charge in [0.25, 0.3) is 0 Å². The summed E-state index contributed by atoms with van der Waals surface area (Å²) in [5, 5.41) is 5.34. The van der Waals surface area contributed by atoms with Gasteiger partial charge in [-0.3, -0.25) is 10.4 Å². The van der Waals surface area contributed by atoms with Crippen molar-refractivity contribution in [3.63, 3.8) is 0 Å². The fourth-order valence-corrected chi connectivity index (χ4v) is 3.64. The SMILES string of the molecule is c1cc2c(cc1C1=NNC(=NCC3CCCO3)SC1)OCCCO2. The van der Waals surface area contributed by atoms with Gasteiger partial charge in [-0.05, 0) is 31.0 Å². The lowest BCUT2D eigenvalue weighted by Gasteiger charge is -2.16. The van der Waals surface area contributed by atoms with Crippen LogP contribution in [0.2, 0.25) is 0 Å². The highest BCUT2D eigenvalue weighted by molar-refractivity contribution is 8.14. The lowest BCUT2D eigenvalue weighted by Crippen LogP contribution is -2.26. The zero-order valence-corrected chi connectivity index (χ0v) is 14.3. The smallest absolute Gasteiger partial charge is 0.177 e. The molecule has 6 nitrogen and oxygen atoms in total. The van der Waals surface area contributed by atoms with E-state index in [1.807, 2.05) is 18.2 Å². The Kier molecular flexibility index (Phi) is 4.89. The van der Waals surface area contributed by atoms with Crippen LogP contribution in [0.15, 0.2) is 28.3 Å². The molecule has 1 aromatic carbocycles. The third-order valence-electron chi connectivity index (χ3n) is 4.18. The van der Waals surface area contributed by atoms with Crippen molar-refractivity contribution in [2.45, 2.75) is 25.4 Å². The summed E-state index contributed by atoms with van der Waals surface area (Å²) in [7, 11) is 0. The van der Waals surface area contributed by atoms with E-state index in [1.54, 1.807) is 11.8 Å². The van der Waals surface area contributed by atoms with Crippen molar-refractivity contribution >= 4 is 22.6 Å². The Labute approximate surface area is 145 Å². The van der Waals surface area contributed by atoms with Crippen LogP contribution in [0.5, 0.6) is 11.5 Å². The maximum absolute atomic E-state index is 5.75. The third-order valence-corrected chi connectivity index (χ3v) is 5.09. The summed E-state index contributed by atoms with van der Waals surface area (Å²) < 4.78 is 17.0. The molecule has 4 rings (SSSR count). The molecule has 0 bridgehead atoms. The molecule has 0 saturated carbocycles. The molecule has 3 aliphatic rings. The largest absolute Gasteiger partial charge is 0.490 e. The molecular weight excluding hydrogens is 326 g/mol. The number of amidine groups is 1. The third kappa shape index (κ3) is 3.67. The number of hydrogen-bond donors (Lipinski definition) is 1. The van der Waals surface area contributed by atoms with E-state index in [-0.39, 0.29) is 6.10 Å². The lowest BCUT2D eigenvalue weighted by atomic mass is 10.1. The molecule has 3 heterocycles. The van der Waals surface area contributed by atoms with Crippen molar-refractivity contribution in [2.24, 2.45) is 10.1 Å². The number of aliphatic imine (C=N–C) groups is 1. The normalized spacial score (nSPS) is 25.1. The summed E-state index contributed by atoms with van der Waals surface area (Å²) in [6.45, 7) is 2.97. The van der Waals surface area contributed by atoms with Gasteiger partial charge in [-0.1, -0.05) is 11.8 Å². The van der Waals surface area contributed by atoms with Gasteiger partial charge in [0.15, 0.2) is 16.7 Å². The molecule has 0 radical (unpaired) electrons. The van der Waals surface area contributed by atoms with Gasteiger partial charge in [-0.25, -0.2) is 0 Å². The first kappa shape index (κ1) is 15.8. The summed E-state index contributed by atoms with van der Waals surface area (Å²) in [6, 6.07) is 6.00. The number of thioether (sulfide) groups is 1. The van der Waals surface area contributed by atoms with Crippen molar-refractivity contribution in [1.29, 1.82) is 0 Å². The van der Waals surface area contributed by atoms with Gasteiger partial charge < -0.3 is 14.2 Å². The van der Waals surface area contributed by atoms with Crippen LogP contribution >= 0.6 is 11.8 Å². The minimum atomic E-state index is 0.270. The molecule has 0 aliphatic carbocycles. The quantitative estimate of drug-likeness (QED) is 0.910. The molecule has 1 unspecified atom stereocenters. The van der Waals surface area contributed by atoms with E-state index < -0.39 is 0 Å². The molecule has 0 spiro atoms. The van der Waals surface area contributed by atoms with E-state index in [0.717, 1.165) is 59.6 Å². The first-order valence-electron chi connectivity index (χ1n) is 8.40. The Morgan fingerprint density at radius 3 is 2.88 bits per heavy atom. The molecule has 24 heavy (non-hydrogen) atoms. The van der Waals surface area contributed by atoms with Gasteiger partial charge in [0.1, 0.15) is 0 Å². The van der Waals surface area contributed by atoms with Gasteiger partial charge >= 0.3 is 0 Å². The average Bonchev–Trinajstić information content (AvgIpc) is 3.04. The maximum Gasteiger partial charge on any atom is 0.177 e. The Morgan fingerprint density at radius 2 is 2.08 bits per heavy atom. The van der Waals surface area contributed by atoms with E-state index in [4.69, 9.17) is 14.2 Å². The number of hydrogen-bond acceptors (Lipinski definition) is 6. The van der Waals surface area contributed by atoms with Crippen LogP contribution in [-0.2, 0) is 4.74 Å². The van der Waals surface area contributed by atoms with Crippen molar-refractivity contribution in [3.05, 3.63) is 23.8 Å². The number of rotatable bonds is 3. The van der Waals surface area contributed by atoms with Crippen molar-refractivity contribution in [3.8, 4) is 11.5 Å². The van der Waals surface area contributed by atoms with Crippen LogP contribution in [0.3, 0.4) is 0 Å². The minimum absolute atomic E-state index is 0.270. The summed E-state index contributed by atoms with van der Waals surface area (Å²) in [6.07, 6.45) is 3.43. The van der Waals surface area contributed by atoms with Crippen LogP contribution in [0.4, 0.5) is 0 Å². The minimum Gasteiger partial charge on any atom is -0.490 e. The van der Waals surface area contributed by atoms with E-state index >= 15 is 0 Å². The van der Waals surface area contributed by atoms with Gasteiger partial charge in [-0.2, -0.15) is 5.10 Å². The highest BCUT2D eigenvalue weighted by atomic mass is 32.2. The summed E-state index contributed by atoms with van der Waals surface area (Å²) in [5.41, 5.74) is 5.10. The van der Waals surface area contributed by atoms with Crippen molar-refractivity contribution < 1.29 is 14.2 Å². The zero-order chi connectivity index (χ0) is 16.2. The maximum atomic E-state index is 5.75. The van der Waals surface area contributed by atoms with Crippen LogP contribution in [0.25, 0.3) is 0 Å². The van der Waals surface area contributed by atoms with Crippen LogP contribution < -0.4 is 14.9 Å². The first-order valence-corrected chi connectivity index (χ1v) is 9.38. The highest BCUT2D eigenvalue weighted by Gasteiger charge is 2.18. The number of ether oxygens (including phenoxy) is 3. The monoisotopic (exact) mass is 347 g/mol. The number of hydrazone groups is 1. The summed E-state index contributed by atoms with van der Waals surface area (Å²) >= 11 is 1.67. The topological polar surface area (TPSA) is 64.4 Å². The summed E-state index contributed by atoms with van der Waals surface area (Å²) in [5.74, 6) is 2.40. The van der Waals surface area contributed by atoms with Gasteiger partial charge in [0.05, 0.1) is 31.6 Å². The molecule has 128 valence electrons. The molecule has 1 saturated heterocycles. The van der Waals surface area contributed by atoms with E-state index in [1.165, 1.54) is 0 Å². The molecule has 0 amide bonds. The van der Waals surface area contributed by atoms with E-state index in [2.05, 4.69) is 15.5 Å². The zero-order valence-electron chi connectivity index (χ0n) is 13.5. The summed E-state index contributed by atoms with van der Waals surface area (Å²) in [4.78, 5) is 4.57. The Bertz CT molecular complexity index is 656. The number of benzene rings is 1. The van der Waals surface area contributed by atoms with Gasteiger partial charge in [0, 0.05) is 24.3 Å². The fraction of sp³-hybridized carbons (Fsp3) is 0.529. The molecule has 1 N–H and O–H groups in total. The molecular formula is C17H21N3O3S. The van der Waals surface area contributed by atoms with Crippen molar-refractivity contribution in [1.82, 2.24) is 5.43 Å². The van der Waals surface area contributed by atoms with Crippen LogP contribution in [0, 0.1) is 0 Å². The Hall–Kier alpha value is -1.73. The van der Waals surface area contributed by atoms with Crippen LogP contribution in [0.1, 0.15) is 24.8 Å². The Balaban J connectivity index is 1.42. The average molecular weight is 347 g/mol. The Morgan fingerprint density at radius 1 is 1.17 bits per heavy atom. The standard InChI is InChI=1S/C17H21N3O3S/c1-3-13(21-6-1)10-18-17-20-19-14(11-24-17)12-4-5-15-16(9-12)23-8-2-7-22-15/h4-5,9,13H,1-3,6-8,10-11H2,(H,18,20). The molecule has 3 aliphatic heterocycles. The second kappa shape index (κ2) is 7.44. The first-order chi connectivity index (χ1) is 11.9. The van der Waals surface area contributed by atoms with Crippen LogP contribution in [-0.4, -0.2) is 49.1 Å². The molecule has 7 heteroatoms. The second-order valence-electron chi connectivity index (χ2n) is 5.95. The molecule has 1 atom stereocenters. The molecule has 1 aromatic rings. The van der Waals surface area contributed by atoms with Gasteiger partial charge in [0.2, 0.25) is 0 Å². The molecule has 1 fully saturated rings. The van der Waals surface area contributed by atoms with E-state index in [9.17, 15) is 0 Å². The molecule has 0 aromatic heterocycles. The number of nitrogens with zero attached hydrogens (tertiary/aromatic N) is 2. The fourth-order valence-electron chi connectivity index (χ4n) is 2.86. The number of nitrogens with one attached hydrogen (secondary N) is 1. The van der Waals surface area contributed by atoms with Crippen molar-refractivity contribution in [2.75, 3.05) is 32.1 Å². The van der Waals surface area contributed by atoms with E-state index in [0.29, 0.717) is 19.8 Å². The highest BCUT2D eigenvalue weighted by Crippen LogP contribution is 2.31.